The Kier molecular flexibility index (Phi) is 9.68. The summed E-state index contributed by atoms with van der Waals surface area (Å²) in [6.07, 6.45) is 1.08. The van der Waals surface area contributed by atoms with Crippen LogP contribution in [0.3, 0.4) is 0 Å². The van der Waals surface area contributed by atoms with E-state index >= 15 is 0 Å². The molecule has 0 aliphatic carbocycles. The SMILES string of the molecule is CCNC(CCN(CC)CCOCC)c1cccc(Cl)c1. The minimum absolute atomic E-state index is 0.356. The molecule has 0 fully saturated rings. The highest BCUT2D eigenvalue weighted by Crippen LogP contribution is 2.20. The minimum atomic E-state index is 0.356. The van der Waals surface area contributed by atoms with E-state index in [1.807, 2.05) is 19.1 Å². The van der Waals surface area contributed by atoms with Gasteiger partial charge in [-0.3, -0.25) is 0 Å². The second-order valence-electron chi connectivity index (χ2n) is 5.09. The van der Waals surface area contributed by atoms with Crippen molar-refractivity contribution in [2.45, 2.75) is 33.2 Å². The topological polar surface area (TPSA) is 24.5 Å². The molecule has 0 saturated heterocycles. The summed E-state index contributed by atoms with van der Waals surface area (Å²) in [6, 6.07) is 8.51. The van der Waals surface area contributed by atoms with Crippen molar-refractivity contribution in [3.63, 3.8) is 0 Å². The standard InChI is InChI=1S/C17H29ClN2O/c1-4-19-17(15-8-7-9-16(18)14-15)10-11-20(5-2)12-13-21-6-3/h7-9,14,17,19H,4-6,10-13H2,1-3H3. The van der Waals surface area contributed by atoms with Crippen LogP contribution in [-0.4, -0.2) is 44.3 Å². The Hall–Kier alpha value is -0.610. The van der Waals surface area contributed by atoms with Crippen LogP contribution in [0.1, 0.15) is 38.8 Å². The monoisotopic (exact) mass is 312 g/mol. The Bertz CT molecular complexity index is 387. The van der Waals surface area contributed by atoms with Gasteiger partial charge in [-0.2, -0.15) is 0 Å². The number of hydrogen-bond donors (Lipinski definition) is 1. The second-order valence-corrected chi connectivity index (χ2v) is 5.52. The molecule has 1 rings (SSSR count). The van der Waals surface area contributed by atoms with E-state index in [0.717, 1.165) is 50.8 Å². The Morgan fingerprint density at radius 1 is 1.24 bits per heavy atom. The van der Waals surface area contributed by atoms with Crippen molar-refractivity contribution in [2.75, 3.05) is 39.4 Å². The highest BCUT2D eigenvalue weighted by molar-refractivity contribution is 6.30. The Morgan fingerprint density at radius 2 is 2.05 bits per heavy atom. The largest absolute Gasteiger partial charge is 0.380 e. The first kappa shape index (κ1) is 18.4. The number of hydrogen-bond acceptors (Lipinski definition) is 3. The molecule has 0 heterocycles. The molecule has 0 aromatic heterocycles. The highest BCUT2D eigenvalue weighted by Gasteiger charge is 2.12. The van der Waals surface area contributed by atoms with Gasteiger partial charge in [0.15, 0.2) is 0 Å². The van der Waals surface area contributed by atoms with Gasteiger partial charge in [0.25, 0.3) is 0 Å². The van der Waals surface area contributed by atoms with Gasteiger partial charge in [0.2, 0.25) is 0 Å². The number of likely N-dealkylation sites (N-methyl/N-ethyl adjacent to an activating group) is 1. The third-order valence-electron chi connectivity index (χ3n) is 3.64. The van der Waals surface area contributed by atoms with Crippen LogP contribution in [0.2, 0.25) is 5.02 Å². The summed E-state index contributed by atoms with van der Waals surface area (Å²) >= 11 is 6.11. The van der Waals surface area contributed by atoms with Crippen LogP contribution >= 0.6 is 11.6 Å². The lowest BCUT2D eigenvalue weighted by molar-refractivity contribution is 0.113. The predicted octanol–water partition coefficient (Wildman–Crippen LogP) is 3.74. The zero-order valence-electron chi connectivity index (χ0n) is 13.6. The molecular formula is C17H29ClN2O. The van der Waals surface area contributed by atoms with Gasteiger partial charge >= 0.3 is 0 Å². The fourth-order valence-electron chi connectivity index (χ4n) is 2.43. The van der Waals surface area contributed by atoms with Crippen LogP contribution in [-0.2, 0) is 4.74 Å². The van der Waals surface area contributed by atoms with Crippen LogP contribution in [0.25, 0.3) is 0 Å². The molecule has 3 nitrogen and oxygen atoms in total. The number of ether oxygens (including phenoxy) is 1. The van der Waals surface area contributed by atoms with Gasteiger partial charge in [0.05, 0.1) is 6.61 Å². The summed E-state index contributed by atoms with van der Waals surface area (Å²) in [5, 5.41) is 4.36. The summed E-state index contributed by atoms with van der Waals surface area (Å²) in [5.74, 6) is 0. The van der Waals surface area contributed by atoms with Gasteiger partial charge in [0, 0.05) is 30.8 Å². The average Bonchev–Trinajstić information content (AvgIpc) is 2.49. The van der Waals surface area contributed by atoms with Crippen molar-refractivity contribution < 1.29 is 4.74 Å². The van der Waals surface area contributed by atoms with E-state index in [1.165, 1.54) is 5.56 Å². The lowest BCUT2D eigenvalue weighted by Gasteiger charge is -2.24. The number of nitrogens with one attached hydrogen (secondary N) is 1. The van der Waals surface area contributed by atoms with Crippen molar-refractivity contribution >= 4 is 11.6 Å². The third-order valence-corrected chi connectivity index (χ3v) is 3.87. The summed E-state index contributed by atoms with van der Waals surface area (Å²) in [5.41, 5.74) is 1.27. The number of benzene rings is 1. The van der Waals surface area contributed by atoms with Crippen molar-refractivity contribution in [1.82, 2.24) is 10.2 Å². The maximum absolute atomic E-state index is 6.11. The van der Waals surface area contributed by atoms with Gasteiger partial charge < -0.3 is 15.0 Å². The number of nitrogens with zero attached hydrogens (tertiary/aromatic N) is 1. The van der Waals surface area contributed by atoms with Crippen LogP contribution in [0.4, 0.5) is 0 Å². The maximum Gasteiger partial charge on any atom is 0.0593 e. The number of rotatable bonds is 11. The zero-order chi connectivity index (χ0) is 15.5. The molecule has 0 bridgehead atoms. The Balaban J connectivity index is 2.53. The molecule has 1 N–H and O–H groups in total. The molecule has 4 heteroatoms. The summed E-state index contributed by atoms with van der Waals surface area (Å²) in [6.45, 7) is 12.1. The van der Waals surface area contributed by atoms with Gasteiger partial charge in [-0.25, -0.2) is 0 Å². The molecule has 0 saturated carbocycles. The van der Waals surface area contributed by atoms with E-state index in [1.54, 1.807) is 0 Å². The fraction of sp³-hybridized carbons (Fsp3) is 0.647. The molecule has 1 atom stereocenters. The van der Waals surface area contributed by atoms with Gasteiger partial charge in [0.1, 0.15) is 0 Å². The molecule has 0 amide bonds. The summed E-state index contributed by atoms with van der Waals surface area (Å²) in [4.78, 5) is 2.44. The van der Waals surface area contributed by atoms with Crippen molar-refractivity contribution in [2.24, 2.45) is 0 Å². The first-order valence-corrected chi connectivity index (χ1v) is 8.37. The predicted molar refractivity (Wildman–Crippen MR) is 91.1 cm³/mol. The van der Waals surface area contributed by atoms with E-state index in [9.17, 15) is 0 Å². The number of halogens is 1. The van der Waals surface area contributed by atoms with Gasteiger partial charge in [-0.05, 0) is 44.1 Å². The molecular weight excluding hydrogens is 284 g/mol. The lowest BCUT2D eigenvalue weighted by Crippen LogP contribution is -2.32. The van der Waals surface area contributed by atoms with E-state index in [2.05, 4.69) is 36.2 Å². The van der Waals surface area contributed by atoms with Crippen molar-refractivity contribution in [3.05, 3.63) is 34.9 Å². The molecule has 21 heavy (non-hydrogen) atoms. The van der Waals surface area contributed by atoms with E-state index in [0.29, 0.717) is 6.04 Å². The molecule has 0 spiro atoms. The lowest BCUT2D eigenvalue weighted by atomic mass is 10.0. The quantitative estimate of drug-likeness (QED) is 0.630. The average molecular weight is 313 g/mol. The molecule has 120 valence electrons. The fourth-order valence-corrected chi connectivity index (χ4v) is 2.63. The van der Waals surface area contributed by atoms with Crippen LogP contribution < -0.4 is 5.32 Å². The molecule has 0 aliphatic heterocycles. The van der Waals surface area contributed by atoms with Crippen LogP contribution in [0, 0.1) is 0 Å². The first-order valence-electron chi connectivity index (χ1n) is 8.00. The van der Waals surface area contributed by atoms with Crippen molar-refractivity contribution in [3.8, 4) is 0 Å². The van der Waals surface area contributed by atoms with Crippen LogP contribution in [0.15, 0.2) is 24.3 Å². The molecule has 1 aromatic carbocycles. The first-order chi connectivity index (χ1) is 10.2. The van der Waals surface area contributed by atoms with Gasteiger partial charge in [-0.1, -0.05) is 37.6 Å². The van der Waals surface area contributed by atoms with Crippen molar-refractivity contribution in [1.29, 1.82) is 0 Å². The maximum atomic E-state index is 6.11. The third kappa shape index (κ3) is 7.28. The van der Waals surface area contributed by atoms with Crippen LogP contribution in [0.5, 0.6) is 0 Å². The highest BCUT2D eigenvalue weighted by atomic mass is 35.5. The summed E-state index contributed by atoms with van der Waals surface area (Å²) < 4.78 is 5.45. The smallest absolute Gasteiger partial charge is 0.0593 e. The van der Waals surface area contributed by atoms with Gasteiger partial charge in [-0.15, -0.1) is 0 Å². The van der Waals surface area contributed by atoms with E-state index in [-0.39, 0.29) is 0 Å². The Labute approximate surface area is 134 Å². The normalized spacial score (nSPS) is 12.8. The minimum Gasteiger partial charge on any atom is -0.380 e. The molecule has 1 aromatic rings. The van der Waals surface area contributed by atoms with E-state index < -0.39 is 0 Å². The molecule has 0 aliphatic rings. The Morgan fingerprint density at radius 3 is 2.67 bits per heavy atom. The zero-order valence-corrected chi connectivity index (χ0v) is 14.3. The molecule has 1 unspecified atom stereocenters. The summed E-state index contributed by atoms with van der Waals surface area (Å²) in [7, 11) is 0. The van der Waals surface area contributed by atoms with E-state index in [4.69, 9.17) is 16.3 Å². The molecule has 0 radical (unpaired) electrons. The second kappa shape index (κ2) is 11.0.